The van der Waals surface area contributed by atoms with E-state index in [9.17, 15) is 18.0 Å². The van der Waals surface area contributed by atoms with Crippen molar-refractivity contribution >= 4 is 5.78 Å². The van der Waals surface area contributed by atoms with Crippen LogP contribution >= 0.6 is 0 Å². The summed E-state index contributed by atoms with van der Waals surface area (Å²) < 4.78 is 39.9. The van der Waals surface area contributed by atoms with Crippen molar-refractivity contribution in [3.63, 3.8) is 0 Å². The number of carbonyl (C=O) groups is 1. The molecule has 0 saturated heterocycles. The minimum absolute atomic E-state index is 0.340. The SMILES string of the molecule is O=C(c1ccn(CCn2ccnc2)c1)C(F)(F)F. The molecule has 0 fully saturated rings. The Morgan fingerprint density at radius 2 is 1.94 bits per heavy atom. The van der Waals surface area contributed by atoms with Gasteiger partial charge in [0.1, 0.15) is 0 Å². The second kappa shape index (κ2) is 4.67. The van der Waals surface area contributed by atoms with E-state index >= 15 is 0 Å². The smallest absolute Gasteiger partial charge is 0.352 e. The zero-order valence-electron chi connectivity index (χ0n) is 9.26. The second-order valence-electron chi connectivity index (χ2n) is 3.77. The molecule has 0 bridgehead atoms. The first-order chi connectivity index (χ1) is 8.47. The van der Waals surface area contributed by atoms with Crippen LogP contribution in [0.15, 0.2) is 37.2 Å². The van der Waals surface area contributed by atoms with Crippen molar-refractivity contribution in [2.45, 2.75) is 19.3 Å². The van der Waals surface area contributed by atoms with Gasteiger partial charge in [0.15, 0.2) is 0 Å². The fraction of sp³-hybridized carbons (Fsp3) is 0.273. The highest BCUT2D eigenvalue weighted by atomic mass is 19.4. The number of imidazole rings is 1. The summed E-state index contributed by atoms with van der Waals surface area (Å²) in [6.07, 6.45) is 2.82. The van der Waals surface area contributed by atoms with E-state index < -0.39 is 12.0 Å². The van der Waals surface area contributed by atoms with Crippen LogP contribution in [0.4, 0.5) is 13.2 Å². The molecular weight excluding hydrogens is 247 g/mol. The minimum Gasteiger partial charge on any atom is -0.352 e. The van der Waals surface area contributed by atoms with Gasteiger partial charge in [-0.15, -0.1) is 0 Å². The molecule has 0 spiro atoms. The van der Waals surface area contributed by atoms with Gasteiger partial charge in [0.25, 0.3) is 5.78 Å². The summed E-state index contributed by atoms with van der Waals surface area (Å²) >= 11 is 0. The maximum Gasteiger partial charge on any atom is 0.454 e. The Bertz CT molecular complexity index is 528. The molecule has 96 valence electrons. The number of halogens is 3. The number of rotatable bonds is 4. The van der Waals surface area contributed by atoms with Crippen LogP contribution in [0.1, 0.15) is 10.4 Å². The van der Waals surface area contributed by atoms with Crippen LogP contribution in [0.25, 0.3) is 0 Å². The van der Waals surface area contributed by atoms with Crippen LogP contribution in [-0.4, -0.2) is 26.1 Å². The van der Waals surface area contributed by atoms with Crippen molar-refractivity contribution < 1.29 is 18.0 Å². The number of aryl methyl sites for hydroxylation is 2. The molecule has 0 aliphatic rings. The summed E-state index contributed by atoms with van der Waals surface area (Å²) in [5.41, 5.74) is -0.340. The molecule has 0 N–H and O–H groups in total. The van der Waals surface area contributed by atoms with Crippen LogP contribution in [-0.2, 0) is 13.1 Å². The zero-order chi connectivity index (χ0) is 13.2. The van der Waals surface area contributed by atoms with Crippen LogP contribution in [0.3, 0.4) is 0 Å². The van der Waals surface area contributed by atoms with Crippen molar-refractivity contribution in [1.82, 2.24) is 14.1 Å². The Balaban J connectivity index is 2.00. The zero-order valence-corrected chi connectivity index (χ0v) is 9.26. The quantitative estimate of drug-likeness (QED) is 0.787. The summed E-state index contributed by atoms with van der Waals surface area (Å²) in [6.45, 7) is 1.05. The lowest BCUT2D eigenvalue weighted by molar-refractivity contribution is -0.0885. The highest BCUT2D eigenvalue weighted by Gasteiger charge is 2.39. The summed E-state index contributed by atoms with van der Waals surface area (Å²) in [5, 5.41) is 0. The molecule has 0 amide bonds. The van der Waals surface area contributed by atoms with E-state index in [4.69, 9.17) is 0 Å². The molecule has 0 aliphatic heterocycles. The molecule has 2 aromatic rings. The average Bonchev–Trinajstić information content (AvgIpc) is 2.95. The first-order valence-corrected chi connectivity index (χ1v) is 5.20. The number of hydrogen-bond donors (Lipinski definition) is 0. The van der Waals surface area contributed by atoms with Gasteiger partial charge >= 0.3 is 6.18 Å². The molecule has 0 saturated carbocycles. The number of hydrogen-bond acceptors (Lipinski definition) is 2. The third-order valence-corrected chi connectivity index (χ3v) is 2.45. The Morgan fingerprint density at radius 1 is 1.22 bits per heavy atom. The average molecular weight is 257 g/mol. The topological polar surface area (TPSA) is 39.8 Å². The van der Waals surface area contributed by atoms with Gasteiger partial charge in [-0.2, -0.15) is 13.2 Å². The number of nitrogens with zero attached hydrogens (tertiary/aromatic N) is 3. The van der Waals surface area contributed by atoms with Gasteiger partial charge in [0.05, 0.1) is 6.33 Å². The van der Waals surface area contributed by atoms with Crippen LogP contribution in [0, 0.1) is 0 Å². The van der Waals surface area contributed by atoms with Crippen molar-refractivity contribution in [3.05, 3.63) is 42.7 Å². The van der Waals surface area contributed by atoms with Crippen LogP contribution in [0.2, 0.25) is 0 Å². The summed E-state index contributed by atoms with van der Waals surface area (Å²) in [6, 6.07) is 1.17. The largest absolute Gasteiger partial charge is 0.454 e. The molecular formula is C11H10F3N3O. The molecule has 18 heavy (non-hydrogen) atoms. The molecule has 0 unspecified atom stereocenters. The van der Waals surface area contributed by atoms with Crippen molar-refractivity contribution in [2.75, 3.05) is 0 Å². The predicted molar refractivity (Wildman–Crippen MR) is 57.0 cm³/mol. The second-order valence-corrected chi connectivity index (χ2v) is 3.77. The maximum absolute atomic E-state index is 12.2. The van der Waals surface area contributed by atoms with E-state index in [2.05, 4.69) is 4.98 Å². The molecule has 0 atom stereocenters. The van der Waals surface area contributed by atoms with Gasteiger partial charge in [-0.25, -0.2) is 4.98 Å². The number of Topliss-reactive ketones (excluding diaryl/α,β-unsaturated/α-hetero) is 1. The summed E-state index contributed by atoms with van der Waals surface area (Å²) in [4.78, 5) is 14.8. The predicted octanol–water partition coefficient (Wildman–Crippen LogP) is 2.13. The highest BCUT2D eigenvalue weighted by Crippen LogP contribution is 2.21. The number of alkyl halides is 3. The fourth-order valence-electron chi connectivity index (χ4n) is 1.53. The Hall–Kier alpha value is -2.05. The Kier molecular flexibility index (Phi) is 3.22. The molecule has 4 nitrogen and oxygen atoms in total. The number of carbonyl (C=O) groups excluding carboxylic acids is 1. The molecule has 2 heterocycles. The van der Waals surface area contributed by atoms with Crippen molar-refractivity contribution in [1.29, 1.82) is 0 Å². The molecule has 7 heteroatoms. The standard InChI is InChI=1S/C11H10F3N3O/c12-11(13,14)10(18)9-1-3-16(7-9)5-6-17-4-2-15-8-17/h1-4,7-8H,5-6H2. The molecule has 0 aliphatic carbocycles. The molecule has 2 aromatic heterocycles. The third kappa shape index (κ3) is 2.79. The van der Waals surface area contributed by atoms with Gasteiger partial charge in [-0.1, -0.05) is 0 Å². The van der Waals surface area contributed by atoms with Crippen LogP contribution < -0.4 is 0 Å². The highest BCUT2D eigenvalue weighted by molar-refractivity contribution is 6.00. The van der Waals surface area contributed by atoms with Gasteiger partial charge < -0.3 is 9.13 Å². The lowest BCUT2D eigenvalue weighted by Gasteiger charge is -2.04. The molecule has 2 rings (SSSR count). The summed E-state index contributed by atoms with van der Waals surface area (Å²) in [7, 11) is 0. The van der Waals surface area contributed by atoms with Crippen molar-refractivity contribution in [3.8, 4) is 0 Å². The van der Waals surface area contributed by atoms with Gasteiger partial charge in [-0.05, 0) is 6.07 Å². The number of ketones is 1. The fourth-order valence-corrected chi connectivity index (χ4v) is 1.53. The Morgan fingerprint density at radius 3 is 2.56 bits per heavy atom. The summed E-state index contributed by atoms with van der Waals surface area (Å²) in [5.74, 6) is -1.82. The Labute approximate surface area is 101 Å². The third-order valence-electron chi connectivity index (χ3n) is 2.45. The van der Waals surface area contributed by atoms with E-state index in [0.717, 1.165) is 0 Å². The van der Waals surface area contributed by atoms with Gasteiger partial charge in [0, 0.05) is 43.4 Å². The minimum atomic E-state index is -4.82. The van der Waals surface area contributed by atoms with Gasteiger partial charge in [0.2, 0.25) is 0 Å². The van der Waals surface area contributed by atoms with E-state index in [1.165, 1.54) is 18.5 Å². The van der Waals surface area contributed by atoms with E-state index in [1.807, 2.05) is 0 Å². The van der Waals surface area contributed by atoms with Crippen molar-refractivity contribution in [2.24, 2.45) is 0 Å². The molecule has 0 radical (unpaired) electrons. The normalized spacial score (nSPS) is 11.7. The first kappa shape index (κ1) is 12.4. The maximum atomic E-state index is 12.2. The van der Waals surface area contributed by atoms with E-state index in [0.29, 0.717) is 13.1 Å². The van der Waals surface area contributed by atoms with E-state index in [-0.39, 0.29) is 5.56 Å². The van der Waals surface area contributed by atoms with Gasteiger partial charge in [-0.3, -0.25) is 4.79 Å². The molecule has 0 aromatic carbocycles. The lowest BCUT2D eigenvalue weighted by atomic mass is 10.2. The lowest BCUT2D eigenvalue weighted by Crippen LogP contribution is -2.22. The monoisotopic (exact) mass is 257 g/mol. The van der Waals surface area contributed by atoms with E-state index in [1.54, 1.807) is 27.9 Å². The number of aromatic nitrogens is 3. The first-order valence-electron chi connectivity index (χ1n) is 5.20. The van der Waals surface area contributed by atoms with Crippen LogP contribution in [0.5, 0.6) is 0 Å².